The van der Waals surface area contributed by atoms with Crippen LogP contribution < -0.4 is 0 Å². The number of halogens is 1. The van der Waals surface area contributed by atoms with Gasteiger partial charge < -0.3 is 0 Å². The SMILES string of the molecule is O=C(CI)O[P+](=O)O[P+](=O)O. The zero-order valence-corrected chi connectivity index (χ0v) is 8.91. The van der Waals surface area contributed by atoms with Gasteiger partial charge in [-0.1, -0.05) is 22.6 Å². The van der Waals surface area contributed by atoms with Gasteiger partial charge >= 0.3 is 22.5 Å². The first-order chi connectivity index (χ1) is 5.06. The molecule has 6 nitrogen and oxygen atoms in total. The molecule has 2 unspecified atom stereocenters. The second kappa shape index (κ2) is 5.91. The van der Waals surface area contributed by atoms with Crippen LogP contribution in [0.15, 0.2) is 0 Å². The zero-order valence-electron chi connectivity index (χ0n) is 4.97. The molecule has 0 rings (SSSR count). The van der Waals surface area contributed by atoms with Crippen LogP contribution in [0.25, 0.3) is 0 Å². The molecule has 62 valence electrons. The van der Waals surface area contributed by atoms with Crippen molar-refractivity contribution >= 4 is 45.1 Å². The third-order valence-electron chi connectivity index (χ3n) is 0.422. The van der Waals surface area contributed by atoms with Crippen LogP contribution in [0.1, 0.15) is 0 Å². The van der Waals surface area contributed by atoms with Gasteiger partial charge in [0.15, 0.2) is 4.31 Å². The fraction of sp³-hybridized carbons (Fsp3) is 0.500. The van der Waals surface area contributed by atoms with Gasteiger partial charge in [0.05, 0.1) is 0 Å². The van der Waals surface area contributed by atoms with Gasteiger partial charge in [-0.15, -0.1) is 4.89 Å². The fourth-order valence-electron chi connectivity index (χ4n) is 0.181. The van der Waals surface area contributed by atoms with E-state index in [1.807, 2.05) is 0 Å². The van der Waals surface area contributed by atoms with Gasteiger partial charge in [-0.25, -0.2) is 4.79 Å². The molecular weight excluding hydrogens is 309 g/mol. The Morgan fingerprint density at radius 2 is 2.09 bits per heavy atom. The summed E-state index contributed by atoms with van der Waals surface area (Å²) in [6.07, 6.45) is 0. The highest BCUT2D eigenvalue weighted by Gasteiger charge is 2.39. The highest BCUT2D eigenvalue weighted by Crippen LogP contribution is 2.36. The van der Waals surface area contributed by atoms with Crippen molar-refractivity contribution in [2.75, 3.05) is 4.43 Å². The molecule has 0 spiro atoms. The second-order valence-electron chi connectivity index (χ2n) is 1.14. The lowest BCUT2D eigenvalue weighted by atomic mass is 10.9. The minimum atomic E-state index is -2.99. The molecule has 2 atom stereocenters. The monoisotopic (exact) mass is 312 g/mol. The summed E-state index contributed by atoms with van der Waals surface area (Å²) in [4.78, 5) is 18.4. The van der Waals surface area contributed by atoms with Crippen LogP contribution in [0.5, 0.6) is 0 Å². The lowest BCUT2D eigenvalue weighted by Gasteiger charge is -1.78. The summed E-state index contributed by atoms with van der Waals surface area (Å²) in [6, 6.07) is 0. The molecule has 11 heavy (non-hydrogen) atoms. The predicted molar refractivity (Wildman–Crippen MR) is 43.5 cm³/mol. The van der Waals surface area contributed by atoms with Gasteiger partial charge in [-0.05, 0) is 0 Å². The van der Waals surface area contributed by atoms with Crippen molar-refractivity contribution in [2.45, 2.75) is 0 Å². The first-order valence-electron chi connectivity index (χ1n) is 2.14. The molecule has 9 heteroatoms. The van der Waals surface area contributed by atoms with Crippen LogP contribution >= 0.6 is 39.1 Å². The van der Waals surface area contributed by atoms with Gasteiger partial charge in [-0.2, -0.15) is 4.52 Å². The van der Waals surface area contributed by atoms with Crippen molar-refractivity contribution in [2.24, 2.45) is 0 Å². The molecule has 0 fully saturated rings. The summed E-state index contributed by atoms with van der Waals surface area (Å²) in [6.45, 7) is 0. The highest BCUT2D eigenvalue weighted by atomic mass is 127. The lowest BCUT2D eigenvalue weighted by Crippen LogP contribution is -1.98. The van der Waals surface area contributed by atoms with E-state index < -0.39 is 22.5 Å². The quantitative estimate of drug-likeness (QED) is 0.478. The van der Waals surface area contributed by atoms with Crippen molar-refractivity contribution in [1.29, 1.82) is 0 Å². The third-order valence-corrected chi connectivity index (χ3v) is 2.49. The summed E-state index contributed by atoms with van der Waals surface area (Å²) in [5.41, 5.74) is 0. The Hall–Kier alpha value is 0.320. The first kappa shape index (κ1) is 11.3. The van der Waals surface area contributed by atoms with Crippen molar-refractivity contribution in [3.05, 3.63) is 0 Å². The van der Waals surface area contributed by atoms with E-state index in [1.54, 1.807) is 22.6 Å². The zero-order chi connectivity index (χ0) is 8.85. The maximum absolute atomic E-state index is 10.4. The molecule has 0 aliphatic heterocycles. The van der Waals surface area contributed by atoms with Crippen molar-refractivity contribution < 1.29 is 27.7 Å². The highest BCUT2D eigenvalue weighted by molar-refractivity contribution is 14.1. The molecular formula is C2H3IO6P2+2. The van der Waals surface area contributed by atoms with Crippen LogP contribution in [0.3, 0.4) is 0 Å². The number of carbonyl (C=O) groups is 1. The summed E-state index contributed by atoms with van der Waals surface area (Å²) in [5.74, 6) is -0.761. The molecule has 1 N–H and O–H groups in total. The Bertz CT molecular complexity index is 191. The topological polar surface area (TPSA) is 89.9 Å². The largest absolute Gasteiger partial charge is 0.803 e. The standard InChI is InChI=1S/C2H2IO6P2/c3-1-2(4)8-11(7)9-10(5)6/h1H2/q+1/p+1. The van der Waals surface area contributed by atoms with Gasteiger partial charge in [-0.3, -0.25) is 0 Å². The smallest absolute Gasteiger partial charge is 0.246 e. The summed E-state index contributed by atoms with van der Waals surface area (Å²) in [5, 5.41) is 0. The van der Waals surface area contributed by atoms with Gasteiger partial charge in [0.1, 0.15) is 4.43 Å². The van der Waals surface area contributed by atoms with Crippen LogP contribution in [0, 0.1) is 0 Å². The van der Waals surface area contributed by atoms with E-state index in [0.29, 0.717) is 0 Å². The third kappa shape index (κ3) is 6.71. The van der Waals surface area contributed by atoms with Gasteiger partial charge in [0, 0.05) is 9.13 Å². The Labute approximate surface area is 77.3 Å². The molecule has 0 aliphatic carbocycles. The maximum Gasteiger partial charge on any atom is 0.803 e. The number of hydrogen-bond donors (Lipinski definition) is 1. The van der Waals surface area contributed by atoms with Crippen LogP contribution in [-0.4, -0.2) is 15.3 Å². The molecule has 0 bridgehead atoms. The van der Waals surface area contributed by atoms with E-state index in [9.17, 15) is 13.9 Å². The van der Waals surface area contributed by atoms with E-state index >= 15 is 0 Å². The molecule has 0 aliphatic rings. The molecule has 0 saturated carbocycles. The molecule has 0 radical (unpaired) electrons. The fourth-order valence-corrected chi connectivity index (χ4v) is 1.40. The molecule has 0 saturated heterocycles. The van der Waals surface area contributed by atoms with E-state index in [1.165, 1.54) is 0 Å². The van der Waals surface area contributed by atoms with E-state index in [2.05, 4.69) is 8.83 Å². The van der Waals surface area contributed by atoms with Crippen LogP contribution in [0.2, 0.25) is 0 Å². The Morgan fingerprint density at radius 1 is 1.55 bits per heavy atom. The molecule has 0 aromatic heterocycles. The maximum atomic E-state index is 10.4. The van der Waals surface area contributed by atoms with Crippen LogP contribution in [-0.2, 0) is 22.8 Å². The minimum Gasteiger partial charge on any atom is -0.246 e. The molecule has 0 aromatic carbocycles. The average Bonchev–Trinajstić information content (AvgIpc) is 1.85. The van der Waals surface area contributed by atoms with Gasteiger partial charge in [0.2, 0.25) is 0 Å². The summed E-state index contributed by atoms with van der Waals surface area (Å²) >= 11 is 1.69. The lowest BCUT2D eigenvalue weighted by molar-refractivity contribution is -0.131. The van der Waals surface area contributed by atoms with Crippen molar-refractivity contribution in [1.82, 2.24) is 0 Å². The van der Waals surface area contributed by atoms with Gasteiger partial charge in [0.25, 0.3) is 0 Å². The molecule has 0 amide bonds. The minimum absolute atomic E-state index is 0.00437. The molecule has 0 heterocycles. The summed E-state index contributed by atoms with van der Waals surface area (Å²) in [7, 11) is -5.79. The Balaban J connectivity index is 3.70. The predicted octanol–water partition coefficient (Wildman–Crippen LogP) is 1.29. The normalized spacial score (nSPS) is 12.2. The second-order valence-corrected chi connectivity index (χ2v) is 3.66. The number of carbonyl (C=O) groups excluding carboxylic acids is 1. The van der Waals surface area contributed by atoms with Crippen molar-refractivity contribution in [3.8, 4) is 0 Å². The average molecular weight is 312 g/mol. The number of alkyl halides is 1. The number of hydrogen-bond acceptors (Lipinski definition) is 5. The van der Waals surface area contributed by atoms with E-state index in [-0.39, 0.29) is 4.43 Å². The van der Waals surface area contributed by atoms with Crippen LogP contribution in [0.4, 0.5) is 0 Å². The van der Waals surface area contributed by atoms with E-state index in [0.717, 1.165) is 0 Å². The van der Waals surface area contributed by atoms with Crippen molar-refractivity contribution in [3.63, 3.8) is 0 Å². The Morgan fingerprint density at radius 3 is 2.45 bits per heavy atom. The number of rotatable bonds is 4. The summed E-state index contributed by atoms with van der Waals surface area (Å²) < 4.78 is 27.9. The molecule has 0 aromatic rings. The first-order valence-corrected chi connectivity index (χ1v) is 5.89. The Kier molecular flexibility index (Phi) is 6.08. The van der Waals surface area contributed by atoms with E-state index in [4.69, 9.17) is 4.89 Å².